The lowest BCUT2D eigenvalue weighted by molar-refractivity contribution is -0.129. The van der Waals surface area contributed by atoms with Crippen LogP contribution < -0.4 is 5.32 Å². The largest absolute Gasteiger partial charge is 0.378 e. The number of amides is 1. The van der Waals surface area contributed by atoms with Gasteiger partial charge in [-0.3, -0.25) is 4.79 Å². The van der Waals surface area contributed by atoms with E-state index in [0.717, 1.165) is 5.56 Å². The van der Waals surface area contributed by atoms with E-state index >= 15 is 0 Å². The summed E-state index contributed by atoms with van der Waals surface area (Å²) in [5.41, 5.74) is 1.65. The van der Waals surface area contributed by atoms with Gasteiger partial charge in [-0.1, -0.05) is 29.8 Å². The lowest BCUT2D eigenvalue weighted by Gasteiger charge is -2.09. The van der Waals surface area contributed by atoms with E-state index in [4.69, 9.17) is 0 Å². The maximum atomic E-state index is 11.1. The third-order valence-corrected chi connectivity index (χ3v) is 1.85. The fourth-order valence-electron chi connectivity index (χ4n) is 1.13. The van der Waals surface area contributed by atoms with Crippen molar-refractivity contribution in [2.45, 2.75) is 13.0 Å². The van der Waals surface area contributed by atoms with Gasteiger partial charge in [0.15, 0.2) is 6.10 Å². The zero-order valence-electron chi connectivity index (χ0n) is 7.74. The highest BCUT2D eigenvalue weighted by molar-refractivity contribution is 5.81. The number of aliphatic hydroxyl groups is 1. The summed E-state index contributed by atoms with van der Waals surface area (Å²) in [5.74, 6) is -0.384. The SMILES string of the molecule is CNC(=O)C(O)c1cccc(C)c1. The minimum Gasteiger partial charge on any atom is -0.378 e. The van der Waals surface area contributed by atoms with Gasteiger partial charge in [0, 0.05) is 7.05 Å². The van der Waals surface area contributed by atoms with E-state index in [0.29, 0.717) is 5.56 Å². The van der Waals surface area contributed by atoms with Crippen molar-refractivity contribution >= 4 is 5.91 Å². The average Bonchev–Trinajstić information content (AvgIpc) is 2.15. The molecule has 13 heavy (non-hydrogen) atoms. The van der Waals surface area contributed by atoms with Crippen LogP contribution in [0.3, 0.4) is 0 Å². The van der Waals surface area contributed by atoms with Crippen molar-refractivity contribution in [2.75, 3.05) is 7.05 Å². The first-order valence-electron chi connectivity index (χ1n) is 4.11. The zero-order chi connectivity index (χ0) is 9.84. The third kappa shape index (κ3) is 2.29. The Kier molecular flexibility index (Phi) is 3.03. The average molecular weight is 179 g/mol. The van der Waals surface area contributed by atoms with Crippen LogP contribution in [0.5, 0.6) is 0 Å². The summed E-state index contributed by atoms with van der Waals surface area (Å²) >= 11 is 0. The van der Waals surface area contributed by atoms with Crippen LogP contribution in [-0.4, -0.2) is 18.1 Å². The Hall–Kier alpha value is -1.35. The molecule has 0 saturated heterocycles. The highest BCUT2D eigenvalue weighted by Gasteiger charge is 2.14. The van der Waals surface area contributed by atoms with Crippen LogP contribution in [0.15, 0.2) is 24.3 Å². The van der Waals surface area contributed by atoms with Crippen LogP contribution in [0.25, 0.3) is 0 Å². The fraction of sp³-hybridized carbons (Fsp3) is 0.300. The van der Waals surface area contributed by atoms with Gasteiger partial charge < -0.3 is 10.4 Å². The topological polar surface area (TPSA) is 49.3 Å². The van der Waals surface area contributed by atoms with Gasteiger partial charge in [0.2, 0.25) is 0 Å². The number of nitrogens with one attached hydrogen (secondary N) is 1. The standard InChI is InChI=1S/C10H13NO2/c1-7-4-3-5-8(6-7)9(12)10(13)11-2/h3-6,9,12H,1-2H3,(H,11,13). The second-order valence-corrected chi connectivity index (χ2v) is 2.93. The first kappa shape index (κ1) is 9.74. The molecule has 0 radical (unpaired) electrons. The monoisotopic (exact) mass is 179 g/mol. The molecule has 0 aromatic heterocycles. The summed E-state index contributed by atoms with van der Waals surface area (Å²) in [7, 11) is 1.50. The molecule has 2 N–H and O–H groups in total. The second kappa shape index (κ2) is 4.05. The highest BCUT2D eigenvalue weighted by atomic mass is 16.3. The molecule has 0 heterocycles. The molecule has 0 fully saturated rings. The summed E-state index contributed by atoms with van der Waals surface area (Å²) < 4.78 is 0. The van der Waals surface area contributed by atoms with Gasteiger partial charge in [-0.05, 0) is 12.5 Å². The Morgan fingerprint density at radius 3 is 2.77 bits per heavy atom. The smallest absolute Gasteiger partial charge is 0.253 e. The third-order valence-electron chi connectivity index (χ3n) is 1.85. The lowest BCUT2D eigenvalue weighted by atomic mass is 10.1. The van der Waals surface area contributed by atoms with Gasteiger partial charge in [-0.15, -0.1) is 0 Å². The van der Waals surface area contributed by atoms with Crippen LogP contribution in [0, 0.1) is 6.92 Å². The zero-order valence-corrected chi connectivity index (χ0v) is 7.74. The van der Waals surface area contributed by atoms with Gasteiger partial charge in [0.05, 0.1) is 0 Å². The van der Waals surface area contributed by atoms with Crippen LogP contribution >= 0.6 is 0 Å². The van der Waals surface area contributed by atoms with E-state index in [-0.39, 0.29) is 5.91 Å². The van der Waals surface area contributed by atoms with E-state index in [2.05, 4.69) is 5.32 Å². The molecule has 0 spiro atoms. The lowest BCUT2D eigenvalue weighted by Crippen LogP contribution is -2.25. The maximum absolute atomic E-state index is 11.1. The number of carbonyl (C=O) groups excluding carboxylic acids is 1. The fourth-order valence-corrected chi connectivity index (χ4v) is 1.13. The normalized spacial score (nSPS) is 12.2. The van der Waals surface area contributed by atoms with Crippen LogP contribution in [0.1, 0.15) is 17.2 Å². The molecule has 1 rings (SSSR count). The van der Waals surface area contributed by atoms with Crippen molar-refractivity contribution in [3.63, 3.8) is 0 Å². The summed E-state index contributed by atoms with van der Waals surface area (Å²) in [6.07, 6.45) is -1.06. The predicted molar refractivity (Wildman–Crippen MR) is 50.2 cm³/mol. The summed E-state index contributed by atoms with van der Waals surface area (Å²) in [6, 6.07) is 7.25. The number of carbonyl (C=O) groups is 1. The van der Waals surface area contributed by atoms with Crippen molar-refractivity contribution < 1.29 is 9.90 Å². The van der Waals surface area contributed by atoms with Gasteiger partial charge in [0.1, 0.15) is 0 Å². The van der Waals surface area contributed by atoms with Crippen molar-refractivity contribution in [3.8, 4) is 0 Å². The van der Waals surface area contributed by atoms with E-state index in [1.807, 2.05) is 19.1 Å². The van der Waals surface area contributed by atoms with Crippen molar-refractivity contribution in [3.05, 3.63) is 35.4 Å². The second-order valence-electron chi connectivity index (χ2n) is 2.93. The van der Waals surface area contributed by atoms with E-state index in [1.165, 1.54) is 7.05 Å². The molecular weight excluding hydrogens is 166 g/mol. The van der Waals surface area contributed by atoms with Gasteiger partial charge in [-0.25, -0.2) is 0 Å². The Labute approximate surface area is 77.4 Å². The van der Waals surface area contributed by atoms with Gasteiger partial charge in [-0.2, -0.15) is 0 Å². The molecule has 1 aromatic carbocycles. The molecule has 3 heteroatoms. The van der Waals surface area contributed by atoms with Crippen molar-refractivity contribution in [1.82, 2.24) is 5.32 Å². The number of benzene rings is 1. The minimum atomic E-state index is -1.06. The van der Waals surface area contributed by atoms with Crippen LogP contribution in [0.2, 0.25) is 0 Å². The van der Waals surface area contributed by atoms with Crippen molar-refractivity contribution in [2.24, 2.45) is 0 Å². The van der Waals surface area contributed by atoms with E-state index < -0.39 is 6.10 Å². The Morgan fingerprint density at radius 2 is 2.23 bits per heavy atom. The first-order valence-corrected chi connectivity index (χ1v) is 4.11. The number of likely N-dealkylation sites (N-methyl/N-ethyl adjacent to an activating group) is 1. The number of aryl methyl sites for hydroxylation is 1. The molecule has 3 nitrogen and oxygen atoms in total. The van der Waals surface area contributed by atoms with Crippen molar-refractivity contribution in [1.29, 1.82) is 0 Å². The molecule has 0 saturated carbocycles. The maximum Gasteiger partial charge on any atom is 0.253 e. The van der Waals surface area contributed by atoms with E-state index in [1.54, 1.807) is 12.1 Å². The van der Waals surface area contributed by atoms with Crippen LogP contribution in [0.4, 0.5) is 0 Å². The molecule has 0 aliphatic heterocycles. The molecule has 1 unspecified atom stereocenters. The quantitative estimate of drug-likeness (QED) is 0.704. The summed E-state index contributed by atoms with van der Waals surface area (Å²) in [4.78, 5) is 11.1. The molecule has 0 aliphatic carbocycles. The molecule has 1 amide bonds. The van der Waals surface area contributed by atoms with Gasteiger partial charge >= 0.3 is 0 Å². The van der Waals surface area contributed by atoms with E-state index in [9.17, 15) is 9.90 Å². The number of rotatable bonds is 2. The molecule has 1 aromatic rings. The number of aliphatic hydroxyl groups excluding tert-OH is 1. The Balaban J connectivity index is 2.88. The van der Waals surface area contributed by atoms with Crippen LogP contribution in [-0.2, 0) is 4.79 Å². The summed E-state index contributed by atoms with van der Waals surface area (Å²) in [6.45, 7) is 1.92. The number of hydrogen-bond acceptors (Lipinski definition) is 2. The first-order chi connectivity index (χ1) is 6.15. The molecule has 1 atom stereocenters. The summed E-state index contributed by atoms with van der Waals surface area (Å²) in [5, 5.41) is 11.9. The minimum absolute atomic E-state index is 0.384. The van der Waals surface area contributed by atoms with Gasteiger partial charge in [0.25, 0.3) is 5.91 Å². The Morgan fingerprint density at radius 1 is 1.54 bits per heavy atom. The molecule has 70 valence electrons. The molecular formula is C10H13NO2. The number of hydrogen-bond donors (Lipinski definition) is 2. The molecule has 0 bridgehead atoms. The molecule has 0 aliphatic rings. The Bertz CT molecular complexity index is 310. The highest BCUT2D eigenvalue weighted by Crippen LogP contribution is 2.13. The predicted octanol–water partition coefficient (Wildman–Crippen LogP) is 0.774.